The first-order chi connectivity index (χ1) is 7.22. The number of ether oxygens (including phenoxy) is 1. The van der Waals surface area contributed by atoms with Crippen molar-refractivity contribution in [2.45, 2.75) is 0 Å². The minimum atomic E-state index is -0.561. The fourth-order valence-corrected chi connectivity index (χ4v) is 1.08. The molecule has 1 aromatic carbocycles. The van der Waals surface area contributed by atoms with E-state index in [1.54, 1.807) is 6.07 Å². The van der Waals surface area contributed by atoms with Crippen LogP contribution in [-0.2, 0) is 0 Å². The zero-order valence-corrected chi connectivity index (χ0v) is 7.99. The van der Waals surface area contributed by atoms with E-state index < -0.39 is 5.82 Å². The third kappa shape index (κ3) is 2.32. The summed E-state index contributed by atoms with van der Waals surface area (Å²) in [7, 11) is 1.36. The molecule has 1 rings (SSSR count). The van der Waals surface area contributed by atoms with Gasteiger partial charge in [-0.25, -0.2) is 4.39 Å². The molecule has 0 radical (unpaired) electrons. The molecule has 0 N–H and O–H groups in total. The van der Waals surface area contributed by atoms with Gasteiger partial charge in [0.15, 0.2) is 11.6 Å². The Labute approximate surface area is 86.6 Å². The lowest BCUT2D eigenvalue weighted by Crippen LogP contribution is -1.90. The van der Waals surface area contributed by atoms with Gasteiger partial charge in [0.1, 0.15) is 6.07 Å². The SMILES string of the molecule is COc1ccc(/C(C#N)=C/C#N)cc1F. The maximum Gasteiger partial charge on any atom is 0.165 e. The molecule has 1 aromatic rings. The fraction of sp³-hybridized carbons (Fsp3) is 0.0909. The topological polar surface area (TPSA) is 56.8 Å². The summed E-state index contributed by atoms with van der Waals surface area (Å²) in [5.74, 6) is -0.456. The summed E-state index contributed by atoms with van der Waals surface area (Å²) >= 11 is 0. The third-order valence-electron chi connectivity index (χ3n) is 1.79. The van der Waals surface area contributed by atoms with Crippen LogP contribution >= 0.6 is 0 Å². The van der Waals surface area contributed by atoms with E-state index in [9.17, 15) is 4.39 Å². The maximum absolute atomic E-state index is 13.2. The Bertz CT molecular complexity index is 480. The number of halogens is 1. The average Bonchev–Trinajstić information content (AvgIpc) is 2.25. The van der Waals surface area contributed by atoms with Gasteiger partial charge < -0.3 is 4.74 Å². The third-order valence-corrected chi connectivity index (χ3v) is 1.79. The molecule has 0 fully saturated rings. The van der Waals surface area contributed by atoms with Crippen molar-refractivity contribution in [2.24, 2.45) is 0 Å². The molecule has 0 bridgehead atoms. The molecule has 0 atom stereocenters. The highest BCUT2D eigenvalue weighted by Crippen LogP contribution is 2.21. The van der Waals surface area contributed by atoms with Gasteiger partial charge >= 0.3 is 0 Å². The van der Waals surface area contributed by atoms with Gasteiger partial charge in [-0.05, 0) is 23.8 Å². The van der Waals surface area contributed by atoms with Crippen molar-refractivity contribution in [1.82, 2.24) is 0 Å². The van der Waals surface area contributed by atoms with Gasteiger partial charge in [0.2, 0.25) is 0 Å². The van der Waals surface area contributed by atoms with E-state index in [1.807, 2.05) is 6.07 Å². The van der Waals surface area contributed by atoms with E-state index in [-0.39, 0.29) is 11.3 Å². The van der Waals surface area contributed by atoms with Gasteiger partial charge in [0.05, 0.1) is 18.8 Å². The molecule has 4 heteroatoms. The number of methoxy groups -OCH3 is 1. The molecule has 0 saturated carbocycles. The Balaban J connectivity index is 3.20. The Hall–Kier alpha value is -2.33. The fourth-order valence-electron chi connectivity index (χ4n) is 1.08. The molecule has 15 heavy (non-hydrogen) atoms. The highest BCUT2D eigenvalue weighted by Gasteiger charge is 2.06. The Morgan fingerprint density at radius 1 is 1.47 bits per heavy atom. The monoisotopic (exact) mass is 202 g/mol. The molecule has 0 amide bonds. The van der Waals surface area contributed by atoms with Crippen molar-refractivity contribution >= 4 is 5.57 Å². The molecular weight excluding hydrogens is 195 g/mol. The summed E-state index contributed by atoms with van der Waals surface area (Å²) in [5.41, 5.74) is 0.483. The van der Waals surface area contributed by atoms with Crippen LogP contribution in [0.5, 0.6) is 5.75 Å². The van der Waals surface area contributed by atoms with E-state index in [2.05, 4.69) is 0 Å². The molecule has 0 spiro atoms. The van der Waals surface area contributed by atoms with E-state index in [0.29, 0.717) is 5.56 Å². The van der Waals surface area contributed by atoms with Crippen LogP contribution in [0.1, 0.15) is 5.56 Å². The molecule has 0 unspecified atom stereocenters. The van der Waals surface area contributed by atoms with Crippen LogP contribution in [0.2, 0.25) is 0 Å². The van der Waals surface area contributed by atoms with Gasteiger partial charge in [-0.3, -0.25) is 0 Å². The van der Waals surface area contributed by atoms with E-state index >= 15 is 0 Å². The molecule has 0 saturated heterocycles. The first kappa shape index (κ1) is 10.7. The van der Waals surface area contributed by atoms with Crippen LogP contribution in [-0.4, -0.2) is 7.11 Å². The quantitative estimate of drug-likeness (QED) is 0.691. The molecular formula is C11H7FN2O. The van der Waals surface area contributed by atoms with Crippen molar-refractivity contribution in [3.8, 4) is 17.9 Å². The Kier molecular flexibility index (Phi) is 3.43. The highest BCUT2D eigenvalue weighted by molar-refractivity contribution is 5.78. The van der Waals surface area contributed by atoms with E-state index in [4.69, 9.17) is 15.3 Å². The molecule has 0 aromatic heterocycles. The van der Waals surface area contributed by atoms with Crippen LogP contribution in [0.4, 0.5) is 4.39 Å². The molecule has 0 aliphatic heterocycles. The van der Waals surface area contributed by atoms with Crippen molar-refractivity contribution in [3.05, 3.63) is 35.7 Å². The van der Waals surface area contributed by atoms with Gasteiger partial charge in [-0.1, -0.05) is 0 Å². The Morgan fingerprint density at radius 3 is 2.67 bits per heavy atom. The number of allylic oxidation sites excluding steroid dienone is 2. The lowest BCUT2D eigenvalue weighted by Gasteiger charge is -2.03. The van der Waals surface area contributed by atoms with Crippen molar-refractivity contribution in [2.75, 3.05) is 7.11 Å². The standard InChI is InChI=1S/C11H7FN2O/c1-15-11-3-2-8(6-10(11)12)9(7-14)4-5-13/h2-4,6H,1H3/b9-4+. The predicted octanol–water partition coefficient (Wildman–Crippen LogP) is 2.26. The largest absolute Gasteiger partial charge is 0.494 e. The summed E-state index contributed by atoms with van der Waals surface area (Å²) in [6, 6.07) is 7.63. The van der Waals surface area contributed by atoms with Crippen molar-refractivity contribution in [1.29, 1.82) is 10.5 Å². The summed E-state index contributed by atoms with van der Waals surface area (Å²) in [6.07, 6.45) is 1.07. The van der Waals surface area contributed by atoms with Crippen LogP contribution in [0.3, 0.4) is 0 Å². The minimum absolute atomic E-state index is 0.105. The number of hydrogen-bond acceptors (Lipinski definition) is 3. The second-order valence-corrected chi connectivity index (χ2v) is 2.65. The zero-order chi connectivity index (χ0) is 11.3. The summed E-state index contributed by atoms with van der Waals surface area (Å²) in [5, 5.41) is 17.1. The lowest BCUT2D eigenvalue weighted by atomic mass is 10.1. The summed E-state index contributed by atoms with van der Waals surface area (Å²) < 4.78 is 18.0. The minimum Gasteiger partial charge on any atom is -0.494 e. The number of nitrogens with zero attached hydrogens (tertiary/aromatic N) is 2. The van der Waals surface area contributed by atoms with Crippen LogP contribution in [0.15, 0.2) is 24.3 Å². The van der Waals surface area contributed by atoms with Gasteiger partial charge in [0.25, 0.3) is 0 Å². The van der Waals surface area contributed by atoms with Crippen molar-refractivity contribution < 1.29 is 9.13 Å². The number of rotatable bonds is 2. The summed E-state index contributed by atoms with van der Waals surface area (Å²) in [4.78, 5) is 0. The number of benzene rings is 1. The number of nitriles is 2. The molecule has 0 heterocycles. The van der Waals surface area contributed by atoms with Gasteiger partial charge in [0, 0.05) is 6.08 Å². The van der Waals surface area contributed by atoms with Gasteiger partial charge in [-0.2, -0.15) is 10.5 Å². The number of hydrogen-bond donors (Lipinski definition) is 0. The smallest absolute Gasteiger partial charge is 0.165 e. The van der Waals surface area contributed by atoms with Crippen molar-refractivity contribution in [3.63, 3.8) is 0 Å². The Morgan fingerprint density at radius 2 is 2.20 bits per heavy atom. The first-order valence-electron chi connectivity index (χ1n) is 4.06. The van der Waals surface area contributed by atoms with Crippen LogP contribution < -0.4 is 4.74 Å². The molecule has 0 aliphatic carbocycles. The maximum atomic E-state index is 13.2. The average molecular weight is 202 g/mol. The van der Waals surface area contributed by atoms with E-state index in [1.165, 1.54) is 19.2 Å². The van der Waals surface area contributed by atoms with Crippen LogP contribution in [0, 0.1) is 28.5 Å². The second-order valence-electron chi connectivity index (χ2n) is 2.65. The highest BCUT2D eigenvalue weighted by atomic mass is 19.1. The normalized spacial score (nSPS) is 10.3. The second kappa shape index (κ2) is 4.78. The molecule has 74 valence electrons. The predicted molar refractivity (Wildman–Crippen MR) is 52.2 cm³/mol. The zero-order valence-electron chi connectivity index (χ0n) is 7.99. The van der Waals surface area contributed by atoms with Crippen LogP contribution in [0.25, 0.3) is 5.57 Å². The molecule has 0 aliphatic rings. The van der Waals surface area contributed by atoms with Gasteiger partial charge in [-0.15, -0.1) is 0 Å². The summed E-state index contributed by atoms with van der Waals surface area (Å²) in [6.45, 7) is 0. The van der Waals surface area contributed by atoms with E-state index in [0.717, 1.165) is 12.1 Å². The molecule has 3 nitrogen and oxygen atoms in total. The lowest BCUT2D eigenvalue weighted by molar-refractivity contribution is 0.386. The first-order valence-corrected chi connectivity index (χ1v) is 4.06.